The van der Waals surface area contributed by atoms with Crippen LogP contribution in [0.4, 0.5) is 5.13 Å². The van der Waals surface area contributed by atoms with Gasteiger partial charge in [0, 0.05) is 36.3 Å². The predicted molar refractivity (Wildman–Crippen MR) is 98.9 cm³/mol. The monoisotopic (exact) mass is 356 g/mol. The lowest BCUT2D eigenvalue weighted by Gasteiger charge is -2.05. The van der Waals surface area contributed by atoms with Crippen molar-refractivity contribution in [1.29, 1.82) is 0 Å². The van der Waals surface area contributed by atoms with Crippen molar-refractivity contribution in [3.05, 3.63) is 47.9 Å². The van der Waals surface area contributed by atoms with Crippen molar-refractivity contribution in [3.8, 4) is 17.0 Å². The van der Waals surface area contributed by atoms with Crippen molar-refractivity contribution in [1.82, 2.24) is 14.5 Å². The lowest BCUT2D eigenvalue weighted by Crippen LogP contribution is -2.12. The molecule has 0 fully saturated rings. The zero-order chi connectivity index (χ0) is 17.6. The van der Waals surface area contributed by atoms with E-state index in [4.69, 9.17) is 4.74 Å². The predicted octanol–water partition coefficient (Wildman–Crippen LogP) is 3.74. The van der Waals surface area contributed by atoms with Crippen LogP contribution in [-0.2, 0) is 11.3 Å². The minimum atomic E-state index is -0.0290. The number of hydrogen-bond donors (Lipinski definition) is 1. The first-order valence-corrected chi connectivity index (χ1v) is 8.92. The molecule has 0 aliphatic heterocycles. The number of rotatable bonds is 7. The van der Waals surface area contributed by atoms with Gasteiger partial charge in [-0.2, -0.15) is 0 Å². The van der Waals surface area contributed by atoms with Gasteiger partial charge in [0.25, 0.3) is 0 Å². The number of nitrogens with one attached hydrogen (secondary N) is 1. The topological polar surface area (TPSA) is 69.0 Å². The number of methoxy groups -OCH3 is 1. The van der Waals surface area contributed by atoms with E-state index in [0.717, 1.165) is 35.8 Å². The molecular formula is C18H20N4O2S. The smallest absolute Gasteiger partial charge is 0.226 e. The van der Waals surface area contributed by atoms with Gasteiger partial charge < -0.3 is 14.6 Å². The third-order valence-electron chi connectivity index (χ3n) is 3.86. The maximum atomic E-state index is 12.1. The van der Waals surface area contributed by atoms with Gasteiger partial charge in [-0.1, -0.05) is 12.1 Å². The fraction of sp³-hybridized carbons (Fsp3) is 0.278. The molecule has 2 aromatic heterocycles. The number of nitrogens with zero attached hydrogens (tertiary/aromatic N) is 3. The van der Waals surface area contributed by atoms with Crippen LogP contribution in [0.3, 0.4) is 0 Å². The van der Waals surface area contributed by atoms with E-state index in [2.05, 4.69) is 15.3 Å². The van der Waals surface area contributed by atoms with E-state index >= 15 is 0 Å². The second-order valence-electron chi connectivity index (χ2n) is 5.56. The Morgan fingerprint density at radius 3 is 2.96 bits per heavy atom. The van der Waals surface area contributed by atoms with Gasteiger partial charge in [-0.15, -0.1) is 11.3 Å². The lowest BCUT2D eigenvalue weighted by atomic mass is 10.1. The number of carbonyl (C=O) groups is 1. The first-order chi connectivity index (χ1) is 12.2. The van der Waals surface area contributed by atoms with Crippen LogP contribution in [0.5, 0.6) is 5.75 Å². The summed E-state index contributed by atoms with van der Waals surface area (Å²) in [5.74, 6) is 1.70. The molecule has 3 aromatic rings. The summed E-state index contributed by atoms with van der Waals surface area (Å²) in [6.45, 7) is 2.73. The number of carbonyl (C=O) groups excluding carboxylic acids is 1. The van der Waals surface area contributed by atoms with Crippen molar-refractivity contribution < 1.29 is 9.53 Å². The molecular weight excluding hydrogens is 336 g/mol. The number of hydrogen-bond acceptors (Lipinski definition) is 5. The van der Waals surface area contributed by atoms with Gasteiger partial charge in [-0.25, -0.2) is 9.97 Å². The number of aromatic nitrogens is 3. The average Bonchev–Trinajstić information content (AvgIpc) is 3.24. The van der Waals surface area contributed by atoms with Crippen molar-refractivity contribution in [2.75, 3.05) is 12.4 Å². The summed E-state index contributed by atoms with van der Waals surface area (Å²) >= 11 is 1.41. The Balaban J connectivity index is 1.56. The number of ether oxygens (including phenoxy) is 1. The minimum Gasteiger partial charge on any atom is -0.496 e. The number of imidazole rings is 1. The van der Waals surface area contributed by atoms with Gasteiger partial charge in [-0.05, 0) is 25.5 Å². The van der Waals surface area contributed by atoms with Crippen molar-refractivity contribution >= 4 is 22.4 Å². The molecule has 1 N–H and O–H groups in total. The minimum absolute atomic E-state index is 0.0290. The van der Waals surface area contributed by atoms with Gasteiger partial charge in [0.1, 0.15) is 11.6 Å². The van der Waals surface area contributed by atoms with Crippen LogP contribution >= 0.6 is 11.3 Å². The highest BCUT2D eigenvalue weighted by Gasteiger charge is 2.11. The van der Waals surface area contributed by atoms with E-state index in [-0.39, 0.29) is 5.91 Å². The molecule has 0 aliphatic carbocycles. The SMILES string of the molecule is COc1ccccc1-c1csc(NC(=O)CCCn2ccnc2C)n1. The summed E-state index contributed by atoms with van der Waals surface area (Å²) in [4.78, 5) is 20.8. The summed E-state index contributed by atoms with van der Waals surface area (Å²) in [6, 6.07) is 7.70. The molecule has 0 spiro atoms. The lowest BCUT2D eigenvalue weighted by molar-refractivity contribution is -0.116. The van der Waals surface area contributed by atoms with Crippen LogP contribution < -0.4 is 10.1 Å². The number of thiazole rings is 1. The van der Waals surface area contributed by atoms with Crippen LogP contribution in [-0.4, -0.2) is 27.6 Å². The third-order valence-corrected chi connectivity index (χ3v) is 4.62. The fourth-order valence-electron chi connectivity index (χ4n) is 2.54. The maximum Gasteiger partial charge on any atom is 0.226 e. The molecule has 0 saturated heterocycles. The number of aryl methyl sites for hydroxylation is 2. The molecule has 0 bridgehead atoms. The highest BCUT2D eigenvalue weighted by Crippen LogP contribution is 2.31. The maximum absolute atomic E-state index is 12.1. The van der Waals surface area contributed by atoms with Crippen LogP contribution in [0.1, 0.15) is 18.7 Å². The molecule has 3 rings (SSSR count). The normalized spacial score (nSPS) is 10.6. The average molecular weight is 356 g/mol. The molecule has 0 saturated carbocycles. The van der Waals surface area contributed by atoms with Gasteiger partial charge >= 0.3 is 0 Å². The Kier molecular flexibility index (Phi) is 5.45. The van der Waals surface area contributed by atoms with E-state index in [1.165, 1.54) is 11.3 Å². The summed E-state index contributed by atoms with van der Waals surface area (Å²) in [5.41, 5.74) is 1.71. The Bertz CT molecular complexity index is 856. The summed E-state index contributed by atoms with van der Waals surface area (Å²) in [7, 11) is 1.63. The van der Waals surface area contributed by atoms with Crippen molar-refractivity contribution in [2.24, 2.45) is 0 Å². The third kappa shape index (κ3) is 4.24. The highest BCUT2D eigenvalue weighted by atomic mass is 32.1. The zero-order valence-corrected chi connectivity index (χ0v) is 15.0. The number of anilines is 1. The van der Waals surface area contributed by atoms with Crippen molar-refractivity contribution in [2.45, 2.75) is 26.3 Å². The first kappa shape index (κ1) is 17.2. The Morgan fingerprint density at radius 2 is 2.20 bits per heavy atom. The van der Waals surface area contributed by atoms with Crippen LogP contribution in [0.25, 0.3) is 11.3 Å². The Labute approximate surface area is 150 Å². The van der Waals surface area contributed by atoms with E-state index in [0.29, 0.717) is 11.6 Å². The molecule has 25 heavy (non-hydrogen) atoms. The molecule has 0 aliphatic rings. The molecule has 0 radical (unpaired) electrons. The molecule has 0 atom stereocenters. The van der Waals surface area contributed by atoms with E-state index in [1.54, 1.807) is 13.3 Å². The largest absolute Gasteiger partial charge is 0.496 e. The van der Waals surface area contributed by atoms with Gasteiger partial charge in [-0.3, -0.25) is 4.79 Å². The Morgan fingerprint density at radius 1 is 1.36 bits per heavy atom. The molecule has 1 amide bonds. The fourth-order valence-corrected chi connectivity index (χ4v) is 3.27. The molecule has 130 valence electrons. The first-order valence-electron chi connectivity index (χ1n) is 8.04. The van der Waals surface area contributed by atoms with Gasteiger partial charge in [0.05, 0.1) is 12.8 Å². The summed E-state index contributed by atoms with van der Waals surface area (Å²) in [6.07, 6.45) is 4.90. The highest BCUT2D eigenvalue weighted by molar-refractivity contribution is 7.14. The summed E-state index contributed by atoms with van der Waals surface area (Å²) in [5, 5.41) is 5.39. The van der Waals surface area contributed by atoms with E-state index < -0.39 is 0 Å². The van der Waals surface area contributed by atoms with Crippen LogP contribution in [0.15, 0.2) is 42.0 Å². The second kappa shape index (κ2) is 7.94. The van der Waals surface area contributed by atoms with E-state index in [1.807, 2.05) is 47.3 Å². The van der Waals surface area contributed by atoms with Crippen LogP contribution in [0, 0.1) is 6.92 Å². The number of amides is 1. The second-order valence-corrected chi connectivity index (χ2v) is 6.42. The van der Waals surface area contributed by atoms with Crippen LogP contribution in [0.2, 0.25) is 0 Å². The molecule has 0 unspecified atom stereocenters. The zero-order valence-electron chi connectivity index (χ0n) is 14.2. The number of benzene rings is 1. The molecule has 2 heterocycles. The molecule has 6 nitrogen and oxygen atoms in total. The Hall–Kier alpha value is -2.67. The van der Waals surface area contributed by atoms with Gasteiger partial charge in [0.2, 0.25) is 5.91 Å². The molecule has 7 heteroatoms. The molecule has 1 aromatic carbocycles. The number of para-hydroxylation sites is 1. The quantitative estimate of drug-likeness (QED) is 0.700. The standard InChI is InChI=1S/C18H20N4O2S/c1-13-19-9-11-22(13)10-5-8-17(23)21-18-20-15(12-25-18)14-6-3-4-7-16(14)24-2/h3-4,6-7,9,11-12H,5,8,10H2,1-2H3,(H,20,21,23). The van der Waals surface area contributed by atoms with Gasteiger partial charge in [0.15, 0.2) is 5.13 Å². The summed E-state index contributed by atoms with van der Waals surface area (Å²) < 4.78 is 7.40. The van der Waals surface area contributed by atoms with Crippen molar-refractivity contribution in [3.63, 3.8) is 0 Å². The van der Waals surface area contributed by atoms with E-state index in [9.17, 15) is 4.79 Å².